The molecule has 312 valence electrons. The van der Waals surface area contributed by atoms with E-state index in [1.54, 1.807) is 7.05 Å². The number of hydrogen-bond acceptors (Lipinski definition) is 5. The maximum atomic E-state index is 13.7. The van der Waals surface area contributed by atoms with Gasteiger partial charge in [-0.1, -0.05) is 182 Å². The first-order chi connectivity index (χ1) is 27.7. The van der Waals surface area contributed by atoms with Crippen molar-refractivity contribution in [2.45, 2.75) is 128 Å². The molecule has 0 heterocycles. The highest BCUT2D eigenvalue weighted by Crippen LogP contribution is 2.47. The number of benzene rings is 4. The van der Waals surface area contributed by atoms with E-state index >= 15 is 0 Å². The summed E-state index contributed by atoms with van der Waals surface area (Å²) in [6.45, 7) is 14.0. The van der Waals surface area contributed by atoms with E-state index in [0.29, 0.717) is 12.3 Å². The van der Waals surface area contributed by atoms with Crippen molar-refractivity contribution in [2.24, 2.45) is 17.8 Å². The van der Waals surface area contributed by atoms with Crippen LogP contribution in [0.5, 0.6) is 0 Å². The molecule has 0 bridgehead atoms. The van der Waals surface area contributed by atoms with Gasteiger partial charge in [0.1, 0.15) is 0 Å². The molecule has 0 saturated heterocycles. The number of rotatable bonds is 15. The van der Waals surface area contributed by atoms with E-state index < -0.39 is 22.7 Å². The number of aliphatic hydroxyl groups excluding tert-OH is 1. The van der Waals surface area contributed by atoms with Gasteiger partial charge in [-0.2, -0.15) is 0 Å². The minimum absolute atomic E-state index is 0.0101. The average Bonchev–Trinajstić information content (AvgIpc) is 3.52. The fourth-order valence-electron chi connectivity index (χ4n) is 10.5. The molecular weight excluding hydrogens is 751 g/mol. The SMILES string of the molecule is CON(C)C(=O)C[C@H]1[C@@H](O)CC(O[Si](c2ccccc2)(c2ccccc2)C(C)(C)C)[C@@H]1CCC(O[Si](c1ccccc1)(c1ccccc1)C(C)(C)C)C1CCCCC1. The minimum Gasteiger partial charge on any atom is -0.404 e. The Labute approximate surface area is 351 Å². The zero-order chi connectivity index (χ0) is 41.6. The normalized spacial score (nSPS) is 21.5. The Kier molecular flexibility index (Phi) is 14.4. The van der Waals surface area contributed by atoms with Crippen molar-refractivity contribution in [3.8, 4) is 0 Å². The van der Waals surface area contributed by atoms with E-state index in [0.717, 1.165) is 25.7 Å². The monoisotopic (exact) mass is 819 g/mol. The maximum absolute atomic E-state index is 13.7. The molecule has 0 spiro atoms. The minimum atomic E-state index is -2.98. The van der Waals surface area contributed by atoms with Crippen molar-refractivity contribution in [3.63, 3.8) is 0 Å². The lowest BCUT2D eigenvalue weighted by molar-refractivity contribution is -0.170. The van der Waals surface area contributed by atoms with Crippen molar-refractivity contribution in [1.82, 2.24) is 5.06 Å². The van der Waals surface area contributed by atoms with E-state index in [-0.39, 0.29) is 46.4 Å². The van der Waals surface area contributed by atoms with Crippen molar-refractivity contribution < 1.29 is 23.6 Å². The molecule has 6 rings (SSSR count). The van der Waals surface area contributed by atoms with Crippen molar-refractivity contribution in [1.29, 1.82) is 0 Å². The van der Waals surface area contributed by atoms with Gasteiger partial charge in [-0.3, -0.25) is 9.63 Å². The van der Waals surface area contributed by atoms with E-state index in [9.17, 15) is 9.90 Å². The Morgan fingerprint density at radius 2 is 1.12 bits per heavy atom. The van der Waals surface area contributed by atoms with Crippen LogP contribution in [0, 0.1) is 17.8 Å². The zero-order valence-corrected chi connectivity index (χ0v) is 38.4. The second kappa shape index (κ2) is 18.9. The van der Waals surface area contributed by atoms with Crippen molar-refractivity contribution in [3.05, 3.63) is 121 Å². The van der Waals surface area contributed by atoms with Crippen LogP contribution in [0.2, 0.25) is 10.1 Å². The van der Waals surface area contributed by atoms with Gasteiger partial charge in [0.05, 0.1) is 19.3 Å². The molecule has 2 fully saturated rings. The molecule has 2 unspecified atom stereocenters. The van der Waals surface area contributed by atoms with E-state index in [1.165, 1.54) is 52.2 Å². The van der Waals surface area contributed by atoms with Crippen LogP contribution in [0.1, 0.15) is 99.3 Å². The van der Waals surface area contributed by atoms with Gasteiger partial charge in [0.2, 0.25) is 5.91 Å². The topological polar surface area (TPSA) is 68.2 Å². The molecule has 4 aromatic carbocycles. The molecule has 2 saturated carbocycles. The Morgan fingerprint density at radius 3 is 1.53 bits per heavy atom. The Balaban J connectivity index is 1.44. The number of carbonyl (C=O) groups excluding carboxylic acids is 1. The van der Waals surface area contributed by atoms with Gasteiger partial charge in [0, 0.05) is 19.6 Å². The fraction of sp³-hybridized carbons (Fsp3) is 0.500. The fourth-order valence-corrected chi connectivity index (χ4v) is 20.0. The van der Waals surface area contributed by atoms with E-state index in [2.05, 4.69) is 163 Å². The third-order valence-electron chi connectivity index (χ3n) is 13.5. The second-order valence-corrected chi connectivity index (χ2v) is 27.5. The lowest BCUT2D eigenvalue weighted by atomic mass is 9.80. The summed E-state index contributed by atoms with van der Waals surface area (Å²) in [4.78, 5) is 19.0. The first-order valence-electron chi connectivity index (χ1n) is 21.8. The highest BCUT2D eigenvalue weighted by Gasteiger charge is 2.56. The van der Waals surface area contributed by atoms with Gasteiger partial charge < -0.3 is 14.0 Å². The molecule has 0 radical (unpaired) electrons. The molecule has 2 aliphatic rings. The standard InChI is InChI=1S/C50H69NO5Si2/c1-49(2,3)57(39-26-16-10-17-27-39,40-28-18-11-19-29-40)55-46(38-24-14-9-15-25-38)35-34-43-44(36-48(53)51(7)54-8)45(52)37-47(43)56-58(50(4,5)6,41-30-20-12-21-31-41)42-32-22-13-23-33-42/h10-13,16-23,26-33,38,43-47,52H,9,14-15,24-25,34-37H2,1-8H3/t43-,44-,45+,46?,47?/m1/s1. The summed E-state index contributed by atoms with van der Waals surface area (Å²) in [6.07, 6.45) is 7.36. The average molecular weight is 820 g/mol. The van der Waals surface area contributed by atoms with Crippen LogP contribution in [0.4, 0.5) is 0 Å². The number of aliphatic hydroxyl groups is 1. The van der Waals surface area contributed by atoms with Crippen LogP contribution in [-0.4, -0.2) is 65.2 Å². The van der Waals surface area contributed by atoms with Gasteiger partial charge >= 0.3 is 0 Å². The highest BCUT2D eigenvalue weighted by molar-refractivity contribution is 7.00. The zero-order valence-electron chi connectivity index (χ0n) is 36.4. The molecule has 0 aromatic heterocycles. The summed E-state index contributed by atoms with van der Waals surface area (Å²) in [7, 11) is -2.67. The molecule has 1 N–H and O–H groups in total. The summed E-state index contributed by atoms with van der Waals surface area (Å²) in [5.74, 6) is -0.0552. The molecule has 8 heteroatoms. The highest BCUT2D eigenvalue weighted by atomic mass is 28.4. The van der Waals surface area contributed by atoms with Crippen molar-refractivity contribution in [2.75, 3.05) is 14.2 Å². The largest absolute Gasteiger partial charge is 0.404 e. The Bertz CT molecular complexity index is 1780. The summed E-state index contributed by atoms with van der Waals surface area (Å²) in [5.41, 5.74) is 0. The number of nitrogens with zero attached hydrogens (tertiary/aromatic N) is 1. The van der Waals surface area contributed by atoms with E-state index in [4.69, 9.17) is 13.7 Å². The predicted molar refractivity (Wildman–Crippen MR) is 243 cm³/mol. The number of amides is 1. The number of hydrogen-bond donors (Lipinski definition) is 1. The van der Waals surface area contributed by atoms with Gasteiger partial charge in [0.25, 0.3) is 16.6 Å². The molecule has 2 aliphatic carbocycles. The lowest BCUT2D eigenvalue weighted by Crippen LogP contribution is -2.68. The first kappa shape index (κ1) is 44.2. The molecule has 5 atom stereocenters. The van der Waals surface area contributed by atoms with E-state index in [1.807, 2.05) is 0 Å². The maximum Gasteiger partial charge on any atom is 0.261 e. The van der Waals surface area contributed by atoms with Gasteiger partial charge in [-0.25, -0.2) is 5.06 Å². The third-order valence-corrected chi connectivity index (χ3v) is 23.6. The molecule has 1 amide bonds. The molecule has 58 heavy (non-hydrogen) atoms. The molecule has 4 aromatic rings. The van der Waals surface area contributed by atoms with Gasteiger partial charge in [-0.15, -0.1) is 0 Å². The quantitative estimate of drug-likeness (QED) is 0.0962. The van der Waals surface area contributed by atoms with Crippen LogP contribution in [-0.2, 0) is 18.5 Å². The third kappa shape index (κ3) is 9.18. The van der Waals surface area contributed by atoms with Gasteiger partial charge in [-0.05, 0) is 80.7 Å². The smallest absolute Gasteiger partial charge is 0.261 e. The molecular formula is C50H69NO5Si2. The second-order valence-electron chi connectivity index (χ2n) is 19.0. The lowest BCUT2D eigenvalue weighted by Gasteiger charge is -2.48. The molecule has 6 nitrogen and oxygen atoms in total. The molecule has 0 aliphatic heterocycles. The number of hydroxylamine groups is 2. The summed E-state index contributed by atoms with van der Waals surface area (Å²) in [5, 5.41) is 18.0. The number of carbonyl (C=O) groups is 1. The van der Waals surface area contributed by atoms with Crippen LogP contribution >= 0.6 is 0 Å². The summed E-state index contributed by atoms with van der Waals surface area (Å²) in [6, 6.07) is 43.6. The summed E-state index contributed by atoms with van der Waals surface area (Å²) >= 11 is 0. The van der Waals surface area contributed by atoms with Crippen LogP contribution in [0.25, 0.3) is 0 Å². The van der Waals surface area contributed by atoms with Crippen LogP contribution in [0.3, 0.4) is 0 Å². The predicted octanol–water partition coefficient (Wildman–Crippen LogP) is 8.64. The Morgan fingerprint density at radius 1 is 0.690 bits per heavy atom. The Hall–Kier alpha value is -3.38. The van der Waals surface area contributed by atoms with Crippen LogP contribution < -0.4 is 20.7 Å². The van der Waals surface area contributed by atoms with Crippen LogP contribution in [0.15, 0.2) is 121 Å². The summed E-state index contributed by atoms with van der Waals surface area (Å²) < 4.78 is 15.9. The van der Waals surface area contributed by atoms with Gasteiger partial charge in [0.15, 0.2) is 0 Å². The van der Waals surface area contributed by atoms with Crippen molar-refractivity contribution >= 4 is 43.3 Å². The first-order valence-corrected chi connectivity index (χ1v) is 25.6.